The quantitative estimate of drug-likeness (QED) is 0.875. The number of benzene rings is 2. The van der Waals surface area contributed by atoms with Crippen molar-refractivity contribution in [2.24, 2.45) is 0 Å². The summed E-state index contributed by atoms with van der Waals surface area (Å²) in [6, 6.07) is 16.0. The molecule has 2 rings (SSSR count). The summed E-state index contributed by atoms with van der Waals surface area (Å²) in [5.41, 5.74) is 3.34. The first-order valence-electron chi connectivity index (χ1n) is 6.65. The Morgan fingerprint density at radius 3 is 2.21 bits per heavy atom. The van der Waals surface area contributed by atoms with Gasteiger partial charge < -0.3 is 9.84 Å². The van der Waals surface area contributed by atoms with E-state index in [-0.39, 0.29) is 6.10 Å². The zero-order chi connectivity index (χ0) is 13.7. The van der Waals surface area contributed by atoms with Crippen molar-refractivity contribution < 1.29 is 9.84 Å². The number of aliphatic hydroxyl groups excluding tert-OH is 1. The van der Waals surface area contributed by atoms with Crippen molar-refractivity contribution in [1.82, 2.24) is 0 Å². The van der Waals surface area contributed by atoms with Crippen molar-refractivity contribution in [2.45, 2.75) is 33.0 Å². The van der Waals surface area contributed by atoms with Crippen LogP contribution in [0.1, 0.15) is 36.1 Å². The van der Waals surface area contributed by atoms with Crippen LogP contribution in [0.15, 0.2) is 48.5 Å². The first kappa shape index (κ1) is 13.6. The third kappa shape index (κ3) is 3.83. The molecule has 0 aromatic heterocycles. The van der Waals surface area contributed by atoms with E-state index in [1.54, 1.807) is 0 Å². The number of hydrogen-bond acceptors (Lipinski definition) is 2. The highest BCUT2D eigenvalue weighted by Crippen LogP contribution is 2.20. The second-order valence-corrected chi connectivity index (χ2v) is 4.77. The fraction of sp³-hybridized carbons (Fsp3) is 0.294. The highest BCUT2D eigenvalue weighted by atomic mass is 16.5. The molecule has 0 heterocycles. The highest BCUT2D eigenvalue weighted by Gasteiger charge is 2.04. The van der Waals surface area contributed by atoms with Crippen molar-refractivity contribution in [1.29, 1.82) is 0 Å². The van der Waals surface area contributed by atoms with E-state index < -0.39 is 0 Å². The second kappa shape index (κ2) is 6.39. The highest BCUT2D eigenvalue weighted by molar-refractivity contribution is 5.29. The summed E-state index contributed by atoms with van der Waals surface area (Å²) in [4.78, 5) is 0. The zero-order valence-corrected chi connectivity index (χ0v) is 11.5. The predicted molar refractivity (Wildman–Crippen MR) is 77.2 cm³/mol. The number of rotatable bonds is 5. The van der Waals surface area contributed by atoms with Gasteiger partial charge >= 0.3 is 0 Å². The Labute approximate surface area is 114 Å². The van der Waals surface area contributed by atoms with Gasteiger partial charge in [0, 0.05) is 0 Å². The maximum absolute atomic E-state index is 9.71. The van der Waals surface area contributed by atoms with Crippen molar-refractivity contribution in [2.75, 3.05) is 0 Å². The van der Waals surface area contributed by atoms with Gasteiger partial charge in [0.15, 0.2) is 0 Å². The first-order chi connectivity index (χ1) is 9.19. The molecule has 0 aliphatic heterocycles. The molecule has 0 spiro atoms. The standard InChI is InChI=1S/C17H20O2/c1-3-17(18)15-8-10-16(11-9-15)19-12-14-6-4-13(2)5-7-14/h4-11,17-18H,3,12H2,1-2H3/t17-/m0/s1. The van der Waals surface area contributed by atoms with Gasteiger partial charge in [-0.1, -0.05) is 48.9 Å². The lowest BCUT2D eigenvalue weighted by Crippen LogP contribution is -1.97. The summed E-state index contributed by atoms with van der Waals surface area (Å²) in [5.74, 6) is 0.827. The SMILES string of the molecule is CC[C@H](O)c1ccc(OCc2ccc(C)cc2)cc1. The second-order valence-electron chi connectivity index (χ2n) is 4.77. The number of aliphatic hydroxyl groups is 1. The molecule has 0 saturated heterocycles. The van der Waals surface area contributed by atoms with Crippen LogP contribution in [0.2, 0.25) is 0 Å². The largest absolute Gasteiger partial charge is 0.489 e. The third-order valence-electron chi connectivity index (χ3n) is 3.18. The smallest absolute Gasteiger partial charge is 0.119 e. The molecule has 0 fully saturated rings. The van der Waals surface area contributed by atoms with Crippen molar-refractivity contribution in [3.63, 3.8) is 0 Å². The van der Waals surface area contributed by atoms with Crippen LogP contribution in [0.4, 0.5) is 0 Å². The fourth-order valence-corrected chi connectivity index (χ4v) is 1.87. The predicted octanol–water partition coefficient (Wildman–Crippen LogP) is 4.02. The van der Waals surface area contributed by atoms with Crippen molar-refractivity contribution in [3.8, 4) is 5.75 Å². The zero-order valence-electron chi connectivity index (χ0n) is 11.5. The average molecular weight is 256 g/mol. The minimum absolute atomic E-state index is 0.383. The van der Waals surface area contributed by atoms with Crippen LogP contribution in [-0.4, -0.2) is 5.11 Å². The molecule has 1 N–H and O–H groups in total. The molecule has 2 heteroatoms. The third-order valence-corrected chi connectivity index (χ3v) is 3.18. The van der Waals surface area contributed by atoms with Gasteiger partial charge in [0.2, 0.25) is 0 Å². The molecule has 0 unspecified atom stereocenters. The van der Waals surface area contributed by atoms with Crippen LogP contribution < -0.4 is 4.74 Å². The summed E-state index contributed by atoms with van der Waals surface area (Å²) in [5, 5.41) is 9.71. The summed E-state index contributed by atoms with van der Waals surface area (Å²) >= 11 is 0. The normalized spacial score (nSPS) is 12.2. The Morgan fingerprint density at radius 2 is 1.63 bits per heavy atom. The van der Waals surface area contributed by atoms with E-state index in [0.29, 0.717) is 6.61 Å². The maximum atomic E-state index is 9.71. The topological polar surface area (TPSA) is 29.5 Å². The van der Waals surface area contributed by atoms with E-state index in [1.165, 1.54) is 5.56 Å². The minimum Gasteiger partial charge on any atom is -0.489 e. The van der Waals surface area contributed by atoms with E-state index in [2.05, 4.69) is 31.2 Å². The van der Waals surface area contributed by atoms with Gasteiger partial charge in [0.05, 0.1) is 6.10 Å². The Balaban J connectivity index is 1.94. The molecular weight excluding hydrogens is 236 g/mol. The summed E-state index contributed by atoms with van der Waals surface area (Å²) in [7, 11) is 0. The van der Waals surface area contributed by atoms with Crippen LogP contribution in [0.5, 0.6) is 5.75 Å². The molecule has 100 valence electrons. The van der Waals surface area contributed by atoms with E-state index in [1.807, 2.05) is 31.2 Å². The Bertz CT molecular complexity index is 500. The lowest BCUT2D eigenvalue weighted by Gasteiger charge is -2.10. The number of hydrogen-bond donors (Lipinski definition) is 1. The molecule has 2 nitrogen and oxygen atoms in total. The number of ether oxygens (including phenoxy) is 1. The molecular formula is C17H20O2. The van der Waals surface area contributed by atoms with Gasteiger partial charge in [-0.3, -0.25) is 0 Å². The molecule has 2 aromatic rings. The average Bonchev–Trinajstić information content (AvgIpc) is 2.46. The van der Waals surface area contributed by atoms with Gasteiger partial charge in [-0.15, -0.1) is 0 Å². The molecule has 0 bridgehead atoms. The summed E-state index contributed by atoms with van der Waals surface area (Å²) in [6.45, 7) is 4.60. The van der Waals surface area contributed by atoms with Crippen LogP contribution in [0, 0.1) is 6.92 Å². The van der Waals surface area contributed by atoms with Gasteiger partial charge in [0.25, 0.3) is 0 Å². The van der Waals surface area contributed by atoms with E-state index in [9.17, 15) is 5.11 Å². The molecule has 0 amide bonds. The fourth-order valence-electron chi connectivity index (χ4n) is 1.87. The first-order valence-corrected chi connectivity index (χ1v) is 6.65. The summed E-state index contributed by atoms with van der Waals surface area (Å²) in [6.07, 6.45) is 0.343. The molecule has 2 aromatic carbocycles. The van der Waals surface area contributed by atoms with Gasteiger partial charge in [-0.25, -0.2) is 0 Å². The van der Waals surface area contributed by atoms with Crippen molar-refractivity contribution in [3.05, 3.63) is 65.2 Å². The molecule has 0 saturated carbocycles. The lowest BCUT2D eigenvalue weighted by molar-refractivity contribution is 0.173. The maximum Gasteiger partial charge on any atom is 0.119 e. The van der Waals surface area contributed by atoms with Crippen LogP contribution in [0.3, 0.4) is 0 Å². The van der Waals surface area contributed by atoms with Crippen LogP contribution in [-0.2, 0) is 6.61 Å². The molecule has 19 heavy (non-hydrogen) atoms. The summed E-state index contributed by atoms with van der Waals surface area (Å²) < 4.78 is 5.72. The van der Waals surface area contributed by atoms with Gasteiger partial charge in [0.1, 0.15) is 12.4 Å². The van der Waals surface area contributed by atoms with Crippen molar-refractivity contribution >= 4 is 0 Å². The minimum atomic E-state index is -0.383. The Hall–Kier alpha value is -1.80. The number of aryl methyl sites for hydroxylation is 1. The van der Waals surface area contributed by atoms with Crippen LogP contribution >= 0.6 is 0 Å². The molecule has 1 atom stereocenters. The Morgan fingerprint density at radius 1 is 1.00 bits per heavy atom. The van der Waals surface area contributed by atoms with E-state index in [0.717, 1.165) is 23.3 Å². The van der Waals surface area contributed by atoms with Gasteiger partial charge in [-0.2, -0.15) is 0 Å². The monoisotopic (exact) mass is 256 g/mol. The lowest BCUT2D eigenvalue weighted by atomic mass is 10.1. The van der Waals surface area contributed by atoms with Gasteiger partial charge in [-0.05, 0) is 36.6 Å². The van der Waals surface area contributed by atoms with E-state index in [4.69, 9.17) is 4.74 Å². The Kier molecular flexibility index (Phi) is 4.58. The van der Waals surface area contributed by atoms with Crippen LogP contribution in [0.25, 0.3) is 0 Å². The van der Waals surface area contributed by atoms with E-state index >= 15 is 0 Å². The molecule has 0 aliphatic carbocycles. The molecule has 0 aliphatic rings. The molecule has 0 radical (unpaired) electrons.